The van der Waals surface area contributed by atoms with E-state index in [-0.39, 0.29) is 12.1 Å². The number of ether oxygens (including phenoxy) is 2. The van der Waals surface area contributed by atoms with Crippen LogP contribution < -0.4 is 15.8 Å². The fourth-order valence-corrected chi connectivity index (χ4v) is 1.98. The van der Waals surface area contributed by atoms with Crippen LogP contribution in [0.15, 0.2) is 24.3 Å². The van der Waals surface area contributed by atoms with E-state index in [1.165, 1.54) is 0 Å². The predicted molar refractivity (Wildman–Crippen MR) is 62.9 cm³/mol. The first-order valence-electron chi connectivity index (χ1n) is 5.53. The minimum absolute atomic E-state index is 0.132. The highest BCUT2D eigenvalue weighted by Gasteiger charge is 2.33. The molecule has 1 aliphatic heterocycles. The zero-order valence-corrected chi connectivity index (χ0v) is 9.68. The Bertz CT molecular complexity index is 408. The zero-order valence-electron chi connectivity index (χ0n) is 9.68. The van der Waals surface area contributed by atoms with Crippen LogP contribution in [0.2, 0.25) is 0 Å². The van der Waals surface area contributed by atoms with Crippen LogP contribution in [0.5, 0.6) is 5.75 Å². The van der Waals surface area contributed by atoms with E-state index in [4.69, 9.17) is 15.2 Å². The summed E-state index contributed by atoms with van der Waals surface area (Å²) in [4.78, 5) is 11.1. The van der Waals surface area contributed by atoms with Crippen molar-refractivity contribution < 1.29 is 14.3 Å². The number of nitrogens with one attached hydrogen (secondary N) is 1. The Hall–Kier alpha value is -1.75. The molecule has 2 unspecified atom stereocenters. The van der Waals surface area contributed by atoms with Crippen LogP contribution >= 0.6 is 0 Å². The van der Waals surface area contributed by atoms with Crippen molar-refractivity contribution in [3.8, 4) is 5.75 Å². The topological polar surface area (TPSA) is 73.6 Å². The highest BCUT2D eigenvalue weighted by atomic mass is 16.6. The third-order valence-corrected chi connectivity index (χ3v) is 2.88. The molecule has 1 fully saturated rings. The summed E-state index contributed by atoms with van der Waals surface area (Å²) in [5, 5.41) is 2.68. The first-order chi connectivity index (χ1) is 8.24. The normalized spacial score (nSPS) is 23.1. The van der Waals surface area contributed by atoms with E-state index >= 15 is 0 Å². The fourth-order valence-electron chi connectivity index (χ4n) is 1.98. The Morgan fingerprint density at radius 1 is 1.47 bits per heavy atom. The van der Waals surface area contributed by atoms with E-state index in [2.05, 4.69) is 5.32 Å². The molecule has 0 aromatic heterocycles. The summed E-state index contributed by atoms with van der Waals surface area (Å²) < 4.78 is 10.4. The highest BCUT2D eigenvalue weighted by molar-refractivity contribution is 5.70. The van der Waals surface area contributed by atoms with Gasteiger partial charge in [-0.25, -0.2) is 4.79 Å². The van der Waals surface area contributed by atoms with Crippen LogP contribution in [0, 0.1) is 0 Å². The summed E-state index contributed by atoms with van der Waals surface area (Å²) in [6.07, 6.45) is -0.0332. The standard InChI is InChI=1S/C12H16N2O3/c1-16-10-5-3-2-4-8(10)6-11-9(7-13)14-12(15)17-11/h2-5,9,11H,6-7,13H2,1H3,(H,14,15). The molecule has 5 heteroatoms. The largest absolute Gasteiger partial charge is 0.496 e. The second kappa shape index (κ2) is 5.05. The molecule has 0 aliphatic carbocycles. The summed E-state index contributed by atoms with van der Waals surface area (Å²) in [5.41, 5.74) is 6.59. The lowest BCUT2D eigenvalue weighted by molar-refractivity contribution is 0.132. The minimum Gasteiger partial charge on any atom is -0.496 e. The van der Waals surface area contributed by atoms with Gasteiger partial charge >= 0.3 is 6.09 Å². The molecule has 1 heterocycles. The monoisotopic (exact) mass is 236 g/mol. The van der Waals surface area contributed by atoms with Crippen molar-refractivity contribution in [1.29, 1.82) is 0 Å². The molecule has 0 spiro atoms. The SMILES string of the molecule is COc1ccccc1CC1OC(=O)NC1CN. The van der Waals surface area contributed by atoms with Crippen LogP contribution in [0.25, 0.3) is 0 Å². The first-order valence-corrected chi connectivity index (χ1v) is 5.53. The third-order valence-electron chi connectivity index (χ3n) is 2.88. The predicted octanol–water partition coefficient (Wildman–Crippen LogP) is 0.673. The van der Waals surface area contributed by atoms with Crippen molar-refractivity contribution in [2.45, 2.75) is 18.6 Å². The molecule has 1 aromatic carbocycles. The molecule has 1 aromatic rings. The molecule has 92 valence electrons. The van der Waals surface area contributed by atoms with Gasteiger partial charge in [0.25, 0.3) is 0 Å². The molecule has 0 saturated carbocycles. The van der Waals surface area contributed by atoms with E-state index in [1.54, 1.807) is 7.11 Å². The Balaban J connectivity index is 2.12. The van der Waals surface area contributed by atoms with Crippen molar-refractivity contribution in [2.24, 2.45) is 5.73 Å². The summed E-state index contributed by atoms with van der Waals surface area (Å²) in [5.74, 6) is 0.797. The number of benzene rings is 1. The maximum atomic E-state index is 11.1. The zero-order chi connectivity index (χ0) is 12.3. The third kappa shape index (κ3) is 2.50. The Labute approximate surface area is 99.9 Å². The lowest BCUT2D eigenvalue weighted by Crippen LogP contribution is -2.39. The van der Waals surface area contributed by atoms with Gasteiger partial charge in [0.15, 0.2) is 0 Å². The van der Waals surface area contributed by atoms with Gasteiger partial charge in [-0.05, 0) is 11.6 Å². The Kier molecular flexibility index (Phi) is 3.49. The summed E-state index contributed by atoms with van der Waals surface area (Å²) in [6.45, 7) is 0.367. The molecule has 2 rings (SSSR count). The van der Waals surface area contributed by atoms with Crippen molar-refractivity contribution in [3.05, 3.63) is 29.8 Å². The Morgan fingerprint density at radius 3 is 2.94 bits per heavy atom. The van der Waals surface area contributed by atoms with Gasteiger partial charge in [-0.2, -0.15) is 0 Å². The number of cyclic esters (lactones) is 1. The number of alkyl carbamates (subject to hydrolysis) is 1. The number of carbonyl (C=O) groups excluding carboxylic acids is 1. The quantitative estimate of drug-likeness (QED) is 0.806. The summed E-state index contributed by atoms with van der Waals surface area (Å²) in [6, 6.07) is 7.55. The number of rotatable bonds is 4. The van der Waals surface area contributed by atoms with E-state index in [1.807, 2.05) is 24.3 Å². The van der Waals surface area contributed by atoms with Gasteiger partial charge in [-0.15, -0.1) is 0 Å². The van der Waals surface area contributed by atoms with Crippen LogP contribution in [0.1, 0.15) is 5.56 Å². The lowest BCUT2D eigenvalue weighted by atomic mass is 10.0. The molecule has 0 bridgehead atoms. The van der Waals surface area contributed by atoms with Gasteiger partial charge in [0, 0.05) is 13.0 Å². The van der Waals surface area contributed by atoms with Gasteiger partial charge in [0.2, 0.25) is 0 Å². The molecular weight excluding hydrogens is 220 g/mol. The molecule has 1 saturated heterocycles. The maximum absolute atomic E-state index is 11.1. The molecule has 1 aliphatic rings. The molecule has 5 nitrogen and oxygen atoms in total. The van der Waals surface area contributed by atoms with E-state index < -0.39 is 6.09 Å². The van der Waals surface area contributed by atoms with Crippen molar-refractivity contribution in [2.75, 3.05) is 13.7 Å². The van der Waals surface area contributed by atoms with Gasteiger partial charge in [-0.1, -0.05) is 18.2 Å². The summed E-state index contributed by atoms with van der Waals surface area (Å²) >= 11 is 0. The highest BCUT2D eigenvalue weighted by Crippen LogP contribution is 2.22. The van der Waals surface area contributed by atoms with E-state index in [9.17, 15) is 4.79 Å². The second-order valence-electron chi connectivity index (χ2n) is 3.95. The maximum Gasteiger partial charge on any atom is 0.407 e. The number of hydrogen-bond donors (Lipinski definition) is 2. The molecule has 3 N–H and O–H groups in total. The average Bonchev–Trinajstić information content (AvgIpc) is 2.70. The summed E-state index contributed by atoms with van der Waals surface area (Å²) in [7, 11) is 1.62. The van der Waals surface area contributed by atoms with Gasteiger partial charge in [0.05, 0.1) is 13.2 Å². The molecule has 17 heavy (non-hydrogen) atoms. The van der Waals surface area contributed by atoms with Gasteiger partial charge < -0.3 is 20.5 Å². The average molecular weight is 236 g/mol. The van der Waals surface area contributed by atoms with Crippen molar-refractivity contribution in [1.82, 2.24) is 5.32 Å². The van der Waals surface area contributed by atoms with Gasteiger partial charge in [-0.3, -0.25) is 0 Å². The molecular formula is C12H16N2O3. The number of hydrogen-bond acceptors (Lipinski definition) is 4. The Morgan fingerprint density at radius 2 is 2.24 bits per heavy atom. The molecule has 1 amide bonds. The van der Waals surface area contributed by atoms with Crippen LogP contribution in [-0.2, 0) is 11.2 Å². The lowest BCUT2D eigenvalue weighted by Gasteiger charge is -2.16. The second-order valence-corrected chi connectivity index (χ2v) is 3.95. The van der Waals surface area contributed by atoms with Crippen LogP contribution in [0.3, 0.4) is 0 Å². The first kappa shape index (κ1) is 11.7. The number of nitrogens with two attached hydrogens (primary N) is 1. The van der Waals surface area contributed by atoms with Gasteiger partial charge in [0.1, 0.15) is 11.9 Å². The minimum atomic E-state index is -0.402. The fraction of sp³-hybridized carbons (Fsp3) is 0.417. The number of para-hydroxylation sites is 1. The van der Waals surface area contributed by atoms with Crippen LogP contribution in [0.4, 0.5) is 4.79 Å². The van der Waals surface area contributed by atoms with E-state index in [0.717, 1.165) is 11.3 Å². The van der Waals surface area contributed by atoms with E-state index in [0.29, 0.717) is 13.0 Å². The number of methoxy groups -OCH3 is 1. The van der Waals surface area contributed by atoms with Crippen molar-refractivity contribution in [3.63, 3.8) is 0 Å². The smallest absolute Gasteiger partial charge is 0.407 e. The number of carbonyl (C=O) groups is 1. The number of amides is 1. The molecule has 0 radical (unpaired) electrons. The van der Waals surface area contributed by atoms with Crippen LogP contribution in [-0.4, -0.2) is 31.9 Å². The van der Waals surface area contributed by atoms with Crippen molar-refractivity contribution >= 4 is 6.09 Å². The molecule has 2 atom stereocenters.